The maximum absolute atomic E-state index is 13.3. The van der Waals surface area contributed by atoms with Gasteiger partial charge < -0.3 is 15.3 Å². The molecule has 0 aromatic heterocycles. The second-order valence-corrected chi connectivity index (χ2v) is 5.07. The van der Waals surface area contributed by atoms with Crippen LogP contribution >= 0.6 is 0 Å². The molecule has 5 heteroatoms. The third-order valence-corrected chi connectivity index (χ3v) is 3.90. The first kappa shape index (κ1) is 11.5. The molecule has 18 heavy (non-hydrogen) atoms. The highest BCUT2D eigenvalue weighted by Gasteiger charge is 2.46. The van der Waals surface area contributed by atoms with Crippen LogP contribution in [0.15, 0.2) is 18.2 Å². The van der Waals surface area contributed by atoms with Gasteiger partial charge in [-0.25, -0.2) is 4.39 Å². The van der Waals surface area contributed by atoms with Gasteiger partial charge in [-0.1, -0.05) is 6.07 Å². The molecule has 4 nitrogen and oxygen atoms in total. The van der Waals surface area contributed by atoms with Crippen LogP contribution in [0.2, 0.25) is 0 Å². The molecular formula is C13H15FN2O2. The molecule has 0 unspecified atom stereocenters. The topological polar surface area (TPSA) is 52.6 Å². The summed E-state index contributed by atoms with van der Waals surface area (Å²) in [5, 5.41) is 12.2. The molecule has 1 aromatic rings. The molecular weight excluding hydrogens is 235 g/mol. The van der Waals surface area contributed by atoms with E-state index in [1.54, 1.807) is 6.07 Å². The number of rotatable bonds is 3. The van der Waals surface area contributed by atoms with Gasteiger partial charge in [-0.05, 0) is 24.1 Å². The second kappa shape index (κ2) is 3.95. The quantitative estimate of drug-likeness (QED) is 0.840. The lowest BCUT2D eigenvalue weighted by atomic mass is 9.86. The van der Waals surface area contributed by atoms with E-state index >= 15 is 0 Å². The maximum atomic E-state index is 13.3. The molecule has 3 rings (SSSR count). The van der Waals surface area contributed by atoms with Gasteiger partial charge >= 0.3 is 5.97 Å². The van der Waals surface area contributed by atoms with Crippen LogP contribution in [0.5, 0.6) is 0 Å². The molecule has 0 bridgehead atoms. The van der Waals surface area contributed by atoms with Crippen LogP contribution in [0.4, 0.5) is 10.1 Å². The van der Waals surface area contributed by atoms with Gasteiger partial charge in [0.15, 0.2) is 0 Å². The lowest BCUT2D eigenvalue weighted by molar-refractivity contribution is -0.138. The minimum absolute atomic E-state index is 0.0932. The number of carbonyl (C=O) groups is 1. The monoisotopic (exact) mass is 250 g/mol. The normalized spacial score (nSPS) is 20.4. The zero-order valence-corrected chi connectivity index (χ0v) is 9.95. The molecule has 0 atom stereocenters. The number of carboxylic acid groups (broad SMARTS) is 1. The first-order valence-corrected chi connectivity index (χ1v) is 6.09. The van der Waals surface area contributed by atoms with Crippen LogP contribution < -0.4 is 10.2 Å². The van der Waals surface area contributed by atoms with E-state index in [1.165, 1.54) is 12.1 Å². The zero-order chi connectivity index (χ0) is 12.8. The number of benzene rings is 1. The number of hydrogen-bond donors (Lipinski definition) is 2. The standard InChI is InChI=1S/C13H15FN2O2/c14-10-2-1-9-3-4-16(11(9)5-10)13(6-12(17)18)7-15-8-13/h1-2,5,15H,3-4,6-8H2,(H,17,18). The van der Waals surface area contributed by atoms with Gasteiger partial charge in [0, 0.05) is 25.3 Å². The fourth-order valence-electron chi connectivity index (χ4n) is 2.95. The highest BCUT2D eigenvalue weighted by Crippen LogP contribution is 2.37. The predicted octanol–water partition coefficient (Wildman–Crippen LogP) is 1.00. The second-order valence-electron chi connectivity index (χ2n) is 5.07. The maximum Gasteiger partial charge on any atom is 0.305 e. The van der Waals surface area contributed by atoms with Crippen LogP contribution in [0.3, 0.4) is 0 Å². The molecule has 0 saturated carbocycles. The molecule has 0 radical (unpaired) electrons. The summed E-state index contributed by atoms with van der Waals surface area (Å²) in [6.45, 7) is 2.07. The van der Waals surface area contributed by atoms with Crippen LogP contribution in [0.25, 0.3) is 0 Å². The fourth-order valence-corrected chi connectivity index (χ4v) is 2.95. The van der Waals surface area contributed by atoms with Gasteiger partial charge in [0.1, 0.15) is 5.82 Å². The number of nitrogens with zero attached hydrogens (tertiary/aromatic N) is 1. The van der Waals surface area contributed by atoms with Gasteiger partial charge in [0.25, 0.3) is 0 Å². The van der Waals surface area contributed by atoms with Crippen molar-refractivity contribution in [3.8, 4) is 0 Å². The average Bonchev–Trinajstić information content (AvgIpc) is 2.66. The molecule has 0 aliphatic carbocycles. The molecule has 96 valence electrons. The van der Waals surface area contributed by atoms with Crippen LogP contribution in [0, 0.1) is 5.82 Å². The summed E-state index contributed by atoms with van der Waals surface area (Å²) in [7, 11) is 0. The minimum Gasteiger partial charge on any atom is -0.481 e. The third kappa shape index (κ3) is 1.66. The van der Waals surface area contributed by atoms with Crippen molar-refractivity contribution in [2.45, 2.75) is 18.4 Å². The number of hydrogen-bond acceptors (Lipinski definition) is 3. The van der Waals surface area contributed by atoms with Crippen molar-refractivity contribution >= 4 is 11.7 Å². The molecule has 2 aliphatic rings. The summed E-state index contributed by atoms with van der Waals surface area (Å²) in [5.74, 6) is -1.07. The Morgan fingerprint density at radius 3 is 2.89 bits per heavy atom. The summed E-state index contributed by atoms with van der Waals surface area (Å²) in [6, 6.07) is 4.78. The molecule has 0 amide bonds. The number of carboxylic acids is 1. The van der Waals surface area contributed by atoms with E-state index in [9.17, 15) is 9.18 Å². The van der Waals surface area contributed by atoms with E-state index in [4.69, 9.17) is 5.11 Å². The Bertz CT molecular complexity index is 500. The van der Waals surface area contributed by atoms with E-state index in [2.05, 4.69) is 10.2 Å². The largest absolute Gasteiger partial charge is 0.481 e. The van der Waals surface area contributed by atoms with E-state index in [0.29, 0.717) is 13.1 Å². The molecule has 0 spiro atoms. The molecule has 1 aromatic carbocycles. The van der Waals surface area contributed by atoms with E-state index in [1.807, 2.05) is 0 Å². The van der Waals surface area contributed by atoms with Crippen molar-refractivity contribution in [2.75, 3.05) is 24.5 Å². The van der Waals surface area contributed by atoms with Crippen molar-refractivity contribution in [1.82, 2.24) is 5.32 Å². The summed E-state index contributed by atoms with van der Waals surface area (Å²) >= 11 is 0. The molecule has 1 saturated heterocycles. The first-order valence-electron chi connectivity index (χ1n) is 6.09. The zero-order valence-electron chi connectivity index (χ0n) is 9.95. The van der Waals surface area contributed by atoms with Crippen molar-refractivity contribution < 1.29 is 14.3 Å². The number of nitrogens with one attached hydrogen (secondary N) is 1. The van der Waals surface area contributed by atoms with E-state index in [-0.39, 0.29) is 17.8 Å². The number of halogens is 1. The van der Waals surface area contributed by atoms with Gasteiger partial charge in [-0.15, -0.1) is 0 Å². The van der Waals surface area contributed by atoms with Crippen molar-refractivity contribution in [1.29, 1.82) is 0 Å². The number of aliphatic carboxylic acids is 1. The Hall–Kier alpha value is -1.62. The van der Waals surface area contributed by atoms with E-state index < -0.39 is 5.97 Å². The minimum atomic E-state index is -0.804. The highest BCUT2D eigenvalue weighted by molar-refractivity contribution is 5.72. The van der Waals surface area contributed by atoms with Gasteiger partial charge in [0.2, 0.25) is 0 Å². The summed E-state index contributed by atoms with van der Waals surface area (Å²) in [5.41, 5.74) is 1.58. The van der Waals surface area contributed by atoms with Crippen LogP contribution in [-0.2, 0) is 11.2 Å². The lowest BCUT2D eigenvalue weighted by Crippen LogP contribution is -2.69. The van der Waals surface area contributed by atoms with Crippen molar-refractivity contribution in [3.05, 3.63) is 29.6 Å². The molecule has 2 heterocycles. The Morgan fingerprint density at radius 2 is 2.28 bits per heavy atom. The Morgan fingerprint density at radius 1 is 1.50 bits per heavy atom. The fraction of sp³-hybridized carbons (Fsp3) is 0.462. The SMILES string of the molecule is O=C(O)CC1(N2CCc3ccc(F)cc32)CNC1. The summed E-state index contributed by atoms with van der Waals surface area (Å²) in [6.07, 6.45) is 0.951. The van der Waals surface area contributed by atoms with Crippen molar-refractivity contribution in [3.63, 3.8) is 0 Å². The lowest BCUT2D eigenvalue weighted by Gasteiger charge is -2.49. The summed E-state index contributed by atoms with van der Waals surface area (Å²) in [4.78, 5) is 13.1. The first-order chi connectivity index (χ1) is 8.61. The molecule has 2 aliphatic heterocycles. The van der Waals surface area contributed by atoms with E-state index in [0.717, 1.165) is 24.2 Å². The number of anilines is 1. The predicted molar refractivity (Wildman–Crippen MR) is 65.3 cm³/mol. The van der Waals surface area contributed by atoms with Gasteiger partial charge in [-0.2, -0.15) is 0 Å². The Balaban J connectivity index is 1.95. The average molecular weight is 250 g/mol. The Labute approximate surface area is 104 Å². The van der Waals surface area contributed by atoms with Crippen LogP contribution in [-0.4, -0.2) is 36.2 Å². The molecule has 1 fully saturated rings. The third-order valence-electron chi connectivity index (χ3n) is 3.90. The van der Waals surface area contributed by atoms with Crippen LogP contribution in [0.1, 0.15) is 12.0 Å². The number of fused-ring (bicyclic) bond motifs is 1. The Kier molecular flexibility index (Phi) is 2.52. The highest BCUT2D eigenvalue weighted by atomic mass is 19.1. The molecule has 2 N–H and O–H groups in total. The van der Waals surface area contributed by atoms with Crippen molar-refractivity contribution in [2.24, 2.45) is 0 Å². The van der Waals surface area contributed by atoms with Gasteiger partial charge in [-0.3, -0.25) is 4.79 Å². The summed E-state index contributed by atoms with van der Waals surface area (Å²) < 4.78 is 13.3. The smallest absolute Gasteiger partial charge is 0.305 e. The van der Waals surface area contributed by atoms with Gasteiger partial charge in [0.05, 0.1) is 12.0 Å².